The summed E-state index contributed by atoms with van der Waals surface area (Å²) in [4.78, 5) is 0. The summed E-state index contributed by atoms with van der Waals surface area (Å²) in [6, 6.07) is 3.30. The highest BCUT2D eigenvalue weighted by Gasteiger charge is 2.15. The summed E-state index contributed by atoms with van der Waals surface area (Å²) in [6.45, 7) is 1.80. The Labute approximate surface area is 105 Å². The molecule has 0 fully saturated rings. The number of rotatable bonds is 4. The molecule has 7 heteroatoms. The maximum atomic E-state index is 11.5. The molecule has 0 saturated heterocycles. The summed E-state index contributed by atoms with van der Waals surface area (Å²) >= 11 is 11.8. The van der Waals surface area contributed by atoms with Crippen LogP contribution in [-0.4, -0.2) is 20.7 Å². The minimum absolute atomic E-state index is 0.0381. The van der Waals surface area contributed by atoms with Crippen molar-refractivity contribution < 1.29 is 8.42 Å². The third-order valence-electron chi connectivity index (χ3n) is 1.93. The molecule has 0 atom stereocenters. The van der Waals surface area contributed by atoms with Crippen LogP contribution in [0.4, 0.5) is 5.69 Å². The van der Waals surface area contributed by atoms with E-state index in [1.807, 2.05) is 0 Å². The van der Waals surface area contributed by atoms with E-state index in [0.717, 1.165) is 5.56 Å². The first-order chi connectivity index (χ1) is 7.37. The number of sulfonamides is 1. The van der Waals surface area contributed by atoms with Crippen LogP contribution < -0.4 is 10.5 Å². The Kier molecular flexibility index (Phi) is 4.43. The van der Waals surface area contributed by atoms with Crippen LogP contribution in [0.15, 0.2) is 12.1 Å². The van der Waals surface area contributed by atoms with E-state index in [1.54, 1.807) is 19.1 Å². The molecule has 1 rings (SSSR count). The predicted molar refractivity (Wildman–Crippen MR) is 67.7 cm³/mol. The van der Waals surface area contributed by atoms with Crippen molar-refractivity contribution in [1.82, 2.24) is 0 Å². The van der Waals surface area contributed by atoms with Crippen LogP contribution in [0, 0.1) is 6.92 Å². The number of anilines is 1. The Hall–Kier alpha value is -0.490. The highest BCUT2D eigenvalue weighted by molar-refractivity contribution is 7.92. The van der Waals surface area contributed by atoms with Gasteiger partial charge in [-0.05, 0) is 18.6 Å². The van der Waals surface area contributed by atoms with Gasteiger partial charge in [-0.3, -0.25) is 4.72 Å². The van der Waals surface area contributed by atoms with Gasteiger partial charge in [-0.1, -0.05) is 29.3 Å². The van der Waals surface area contributed by atoms with Gasteiger partial charge in [0.15, 0.2) is 0 Å². The van der Waals surface area contributed by atoms with E-state index in [-0.39, 0.29) is 23.0 Å². The summed E-state index contributed by atoms with van der Waals surface area (Å²) in [6.07, 6.45) is 0. The molecule has 0 spiro atoms. The van der Waals surface area contributed by atoms with Crippen LogP contribution in [0.5, 0.6) is 0 Å². The fourth-order valence-electron chi connectivity index (χ4n) is 1.11. The number of nitrogens with two attached hydrogens (primary N) is 1. The van der Waals surface area contributed by atoms with E-state index in [0.29, 0.717) is 5.02 Å². The minimum Gasteiger partial charge on any atom is -0.329 e. The molecule has 0 aromatic heterocycles. The van der Waals surface area contributed by atoms with Crippen LogP contribution in [-0.2, 0) is 10.0 Å². The second-order valence-electron chi connectivity index (χ2n) is 3.26. The molecule has 0 heterocycles. The maximum Gasteiger partial charge on any atom is 0.234 e. The Morgan fingerprint density at radius 3 is 2.56 bits per heavy atom. The summed E-state index contributed by atoms with van der Waals surface area (Å²) in [7, 11) is -3.49. The largest absolute Gasteiger partial charge is 0.329 e. The van der Waals surface area contributed by atoms with Crippen molar-refractivity contribution in [2.45, 2.75) is 6.92 Å². The molecule has 90 valence electrons. The number of nitrogens with one attached hydrogen (secondary N) is 1. The SMILES string of the molecule is Cc1ccc(Cl)c(NS(=O)(=O)CCN)c1Cl. The highest BCUT2D eigenvalue weighted by Crippen LogP contribution is 2.33. The van der Waals surface area contributed by atoms with E-state index in [2.05, 4.69) is 4.72 Å². The number of hydrogen-bond acceptors (Lipinski definition) is 3. The molecule has 16 heavy (non-hydrogen) atoms. The van der Waals surface area contributed by atoms with Crippen molar-refractivity contribution in [3.63, 3.8) is 0 Å². The van der Waals surface area contributed by atoms with Gasteiger partial charge in [0, 0.05) is 6.54 Å². The Bertz CT molecular complexity index is 489. The van der Waals surface area contributed by atoms with Gasteiger partial charge in [0.2, 0.25) is 10.0 Å². The molecule has 1 aromatic rings. The molecule has 0 saturated carbocycles. The predicted octanol–water partition coefficient (Wildman–Crippen LogP) is 2.00. The maximum absolute atomic E-state index is 11.5. The zero-order valence-corrected chi connectivity index (χ0v) is 11.0. The third kappa shape index (κ3) is 3.25. The summed E-state index contributed by atoms with van der Waals surface area (Å²) in [5, 5.41) is 0.560. The molecule has 0 aliphatic heterocycles. The Morgan fingerprint density at radius 1 is 1.38 bits per heavy atom. The second-order valence-corrected chi connectivity index (χ2v) is 5.89. The van der Waals surface area contributed by atoms with Crippen molar-refractivity contribution in [3.05, 3.63) is 27.7 Å². The molecule has 3 N–H and O–H groups in total. The zero-order valence-electron chi connectivity index (χ0n) is 8.63. The van der Waals surface area contributed by atoms with Gasteiger partial charge in [-0.15, -0.1) is 0 Å². The first-order valence-corrected chi connectivity index (χ1v) is 6.93. The average Bonchev–Trinajstić information content (AvgIpc) is 2.19. The molecule has 0 radical (unpaired) electrons. The van der Waals surface area contributed by atoms with Gasteiger partial charge in [0.05, 0.1) is 21.5 Å². The van der Waals surface area contributed by atoms with Crippen molar-refractivity contribution in [2.75, 3.05) is 17.0 Å². The molecule has 0 unspecified atom stereocenters. The van der Waals surface area contributed by atoms with Gasteiger partial charge in [-0.25, -0.2) is 8.42 Å². The van der Waals surface area contributed by atoms with Gasteiger partial charge in [0.1, 0.15) is 0 Å². The Morgan fingerprint density at radius 2 is 2.00 bits per heavy atom. The standard InChI is InChI=1S/C9H12Cl2N2O2S/c1-6-2-3-7(10)9(8(6)11)13-16(14,15)5-4-12/h2-3,13H,4-5,12H2,1H3. The fraction of sp³-hybridized carbons (Fsp3) is 0.333. The highest BCUT2D eigenvalue weighted by atomic mass is 35.5. The van der Waals surface area contributed by atoms with Gasteiger partial charge >= 0.3 is 0 Å². The lowest BCUT2D eigenvalue weighted by Gasteiger charge is -2.12. The van der Waals surface area contributed by atoms with Gasteiger partial charge in [-0.2, -0.15) is 0 Å². The molecular formula is C9H12Cl2N2O2S. The van der Waals surface area contributed by atoms with Crippen molar-refractivity contribution in [3.8, 4) is 0 Å². The normalized spacial score (nSPS) is 11.5. The van der Waals surface area contributed by atoms with Gasteiger partial charge < -0.3 is 5.73 Å². The van der Waals surface area contributed by atoms with Crippen molar-refractivity contribution >= 4 is 38.9 Å². The van der Waals surface area contributed by atoms with E-state index in [9.17, 15) is 8.42 Å². The lowest BCUT2D eigenvalue weighted by molar-refractivity contribution is 0.601. The number of benzene rings is 1. The molecule has 4 nitrogen and oxygen atoms in total. The second kappa shape index (κ2) is 5.23. The van der Waals surface area contributed by atoms with E-state index in [1.165, 1.54) is 0 Å². The monoisotopic (exact) mass is 282 g/mol. The quantitative estimate of drug-likeness (QED) is 0.887. The summed E-state index contributed by atoms with van der Waals surface area (Å²) in [5.41, 5.74) is 6.14. The van der Waals surface area contributed by atoms with Crippen LogP contribution >= 0.6 is 23.2 Å². The lowest BCUT2D eigenvalue weighted by atomic mass is 10.2. The topological polar surface area (TPSA) is 72.2 Å². The number of hydrogen-bond donors (Lipinski definition) is 2. The third-order valence-corrected chi connectivity index (χ3v) is 4.02. The first-order valence-electron chi connectivity index (χ1n) is 4.52. The fourth-order valence-corrected chi connectivity index (χ4v) is 2.62. The van der Waals surface area contributed by atoms with Crippen LogP contribution in [0.1, 0.15) is 5.56 Å². The van der Waals surface area contributed by atoms with Crippen LogP contribution in [0.3, 0.4) is 0 Å². The molecule has 1 aromatic carbocycles. The average molecular weight is 283 g/mol. The summed E-state index contributed by atoms with van der Waals surface area (Å²) < 4.78 is 25.3. The molecule has 0 amide bonds. The van der Waals surface area contributed by atoms with E-state index < -0.39 is 10.0 Å². The van der Waals surface area contributed by atoms with Crippen LogP contribution in [0.25, 0.3) is 0 Å². The summed E-state index contributed by atoms with van der Waals surface area (Å²) in [5.74, 6) is -0.173. The molecular weight excluding hydrogens is 271 g/mol. The van der Waals surface area contributed by atoms with Crippen molar-refractivity contribution in [1.29, 1.82) is 0 Å². The first kappa shape index (κ1) is 13.6. The van der Waals surface area contributed by atoms with E-state index in [4.69, 9.17) is 28.9 Å². The Balaban J connectivity index is 3.11. The molecule has 0 aliphatic carbocycles. The zero-order chi connectivity index (χ0) is 12.3. The van der Waals surface area contributed by atoms with Crippen molar-refractivity contribution in [2.24, 2.45) is 5.73 Å². The van der Waals surface area contributed by atoms with E-state index >= 15 is 0 Å². The smallest absolute Gasteiger partial charge is 0.234 e. The van der Waals surface area contributed by atoms with Gasteiger partial charge in [0.25, 0.3) is 0 Å². The molecule has 0 bridgehead atoms. The van der Waals surface area contributed by atoms with Crippen LogP contribution in [0.2, 0.25) is 10.0 Å². The lowest BCUT2D eigenvalue weighted by Crippen LogP contribution is -2.22. The minimum atomic E-state index is -3.49. The molecule has 0 aliphatic rings. The number of halogens is 2. The number of aryl methyl sites for hydroxylation is 1.